The minimum atomic E-state index is -1.25. The number of ether oxygens (including phenoxy) is 1. The number of carboxylic acids is 2. The number of aliphatic carboxylic acids is 1. The number of anilines is 1. The van der Waals surface area contributed by atoms with Crippen molar-refractivity contribution >= 4 is 17.6 Å². The molecule has 17 heavy (non-hydrogen) atoms. The standard InChI is InChI=1S/C11H13NO5/c1-2-7(10(13)14)17-8-5-3-4-6(12)9(8)11(15)16/h3-5,7H,2,12H2,1H3,(H,13,14)(H,15,16). The van der Waals surface area contributed by atoms with Gasteiger partial charge in [0.2, 0.25) is 0 Å². The van der Waals surface area contributed by atoms with Crippen LogP contribution < -0.4 is 10.5 Å². The van der Waals surface area contributed by atoms with Crippen LogP contribution in [-0.4, -0.2) is 28.3 Å². The van der Waals surface area contributed by atoms with Crippen molar-refractivity contribution in [1.29, 1.82) is 0 Å². The first-order chi connectivity index (χ1) is 7.97. The van der Waals surface area contributed by atoms with E-state index in [1.165, 1.54) is 18.2 Å². The Kier molecular flexibility index (Phi) is 3.92. The van der Waals surface area contributed by atoms with Crippen molar-refractivity contribution < 1.29 is 24.5 Å². The third kappa shape index (κ3) is 2.87. The first-order valence-electron chi connectivity index (χ1n) is 4.98. The second-order valence-corrected chi connectivity index (χ2v) is 3.38. The summed E-state index contributed by atoms with van der Waals surface area (Å²) in [7, 11) is 0. The van der Waals surface area contributed by atoms with Gasteiger partial charge in [-0.15, -0.1) is 0 Å². The molecule has 0 radical (unpaired) electrons. The summed E-state index contributed by atoms with van der Waals surface area (Å²) < 4.78 is 5.14. The number of aromatic carboxylic acids is 1. The number of nitrogens with two attached hydrogens (primary N) is 1. The van der Waals surface area contributed by atoms with Gasteiger partial charge in [-0.1, -0.05) is 13.0 Å². The maximum Gasteiger partial charge on any atom is 0.344 e. The van der Waals surface area contributed by atoms with Gasteiger partial charge in [0.05, 0.1) is 0 Å². The molecule has 6 nitrogen and oxygen atoms in total. The highest BCUT2D eigenvalue weighted by Gasteiger charge is 2.21. The molecule has 4 N–H and O–H groups in total. The van der Waals surface area contributed by atoms with Gasteiger partial charge in [-0.2, -0.15) is 0 Å². The number of rotatable bonds is 5. The van der Waals surface area contributed by atoms with E-state index < -0.39 is 18.0 Å². The van der Waals surface area contributed by atoms with Crippen LogP contribution in [0.4, 0.5) is 5.69 Å². The first-order valence-corrected chi connectivity index (χ1v) is 4.98. The molecule has 0 amide bonds. The molecule has 0 saturated carbocycles. The highest BCUT2D eigenvalue weighted by Crippen LogP contribution is 2.25. The topological polar surface area (TPSA) is 110 Å². The highest BCUT2D eigenvalue weighted by molar-refractivity contribution is 5.96. The van der Waals surface area contributed by atoms with E-state index in [0.717, 1.165) is 0 Å². The zero-order valence-corrected chi connectivity index (χ0v) is 9.21. The van der Waals surface area contributed by atoms with E-state index in [-0.39, 0.29) is 23.4 Å². The van der Waals surface area contributed by atoms with Gasteiger partial charge in [0, 0.05) is 5.69 Å². The number of hydrogen-bond acceptors (Lipinski definition) is 4. The second kappa shape index (κ2) is 5.20. The molecule has 1 aromatic carbocycles. The van der Waals surface area contributed by atoms with E-state index in [2.05, 4.69) is 0 Å². The molecular formula is C11H13NO5. The van der Waals surface area contributed by atoms with Crippen LogP contribution in [-0.2, 0) is 4.79 Å². The highest BCUT2D eigenvalue weighted by atomic mass is 16.5. The van der Waals surface area contributed by atoms with Gasteiger partial charge in [0.15, 0.2) is 6.10 Å². The molecule has 1 rings (SSSR count). The molecule has 0 heterocycles. The lowest BCUT2D eigenvalue weighted by molar-refractivity contribution is -0.145. The quantitative estimate of drug-likeness (QED) is 0.666. The number of carbonyl (C=O) groups is 2. The number of hydrogen-bond donors (Lipinski definition) is 3. The molecule has 0 aliphatic rings. The molecule has 0 bridgehead atoms. The molecule has 0 aromatic heterocycles. The monoisotopic (exact) mass is 239 g/mol. The summed E-state index contributed by atoms with van der Waals surface area (Å²) in [6.45, 7) is 1.63. The zero-order chi connectivity index (χ0) is 13.0. The van der Waals surface area contributed by atoms with Crippen LogP contribution >= 0.6 is 0 Å². The Morgan fingerprint density at radius 2 is 2.06 bits per heavy atom. The lowest BCUT2D eigenvalue weighted by Gasteiger charge is -2.15. The van der Waals surface area contributed by atoms with Gasteiger partial charge in [0.25, 0.3) is 0 Å². The van der Waals surface area contributed by atoms with E-state index in [1.54, 1.807) is 6.92 Å². The second-order valence-electron chi connectivity index (χ2n) is 3.38. The number of benzene rings is 1. The molecule has 1 unspecified atom stereocenters. The summed E-state index contributed by atoms with van der Waals surface area (Å²) in [6.07, 6.45) is -0.863. The summed E-state index contributed by atoms with van der Waals surface area (Å²) in [5, 5.41) is 17.8. The van der Waals surface area contributed by atoms with E-state index in [9.17, 15) is 9.59 Å². The Labute approximate surface area is 97.6 Å². The van der Waals surface area contributed by atoms with Crippen molar-refractivity contribution in [3.63, 3.8) is 0 Å². The fraction of sp³-hybridized carbons (Fsp3) is 0.273. The van der Waals surface area contributed by atoms with Crippen molar-refractivity contribution in [3.8, 4) is 5.75 Å². The predicted molar refractivity (Wildman–Crippen MR) is 60.2 cm³/mol. The molecule has 0 spiro atoms. The predicted octanol–water partition coefficient (Wildman–Crippen LogP) is 1.21. The first kappa shape index (κ1) is 12.8. The molecular weight excluding hydrogens is 226 g/mol. The minimum Gasteiger partial charge on any atom is -0.479 e. The van der Waals surface area contributed by atoms with Crippen LogP contribution in [0.15, 0.2) is 18.2 Å². The zero-order valence-electron chi connectivity index (χ0n) is 9.21. The van der Waals surface area contributed by atoms with Crippen molar-refractivity contribution in [1.82, 2.24) is 0 Å². The minimum absolute atomic E-state index is 0.0354. The average molecular weight is 239 g/mol. The molecule has 0 saturated heterocycles. The number of nitrogen functional groups attached to an aromatic ring is 1. The fourth-order valence-corrected chi connectivity index (χ4v) is 1.34. The lowest BCUT2D eigenvalue weighted by atomic mass is 10.1. The van der Waals surface area contributed by atoms with E-state index >= 15 is 0 Å². The van der Waals surface area contributed by atoms with Crippen LogP contribution in [0, 0.1) is 0 Å². The average Bonchev–Trinajstić information content (AvgIpc) is 2.24. The normalized spacial score (nSPS) is 11.8. The van der Waals surface area contributed by atoms with Crippen molar-refractivity contribution in [3.05, 3.63) is 23.8 Å². The van der Waals surface area contributed by atoms with Crippen LogP contribution in [0.5, 0.6) is 5.75 Å². The van der Waals surface area contributed by atoms with E-state index in [1.807, 2.05) is 0 Å². The maximum absolute atomic E-state index is 11.0. The Bertz CT molecular complexity index is 443. The third-order valence-corrected chi connectivity index (χ3v) is 2.19. The smallest absolute Gasteiger partial charge is 0.344 e. The van der Waals surface area contributed by atoms with Gasteiger partial charge in [-0.25, -0.2) is 9.59 Å². The molecule has 0 aliphatic heterocycles. The molecule has 0 aliphatic carbocycles. The van der Waals surface area contributed by atoms with Crippen molar-refractivity contribution in [2.45, 2.75) is 19.4 Å². The van der Waals surface area contributed by atoms with Gasteiger partial charge in [-0.05, 0) is 18.6 Å². The Hall–Kier alpha value is -2.24. The maximum atomic E-state index is 11.0. The van der Waals surface area contributed by atoms with Crippen molar-refractivity contribution in [2.75, 3.05) is 5.73 Å². The fourth-order valence-electron chi connectivity index (χ4n) is 1.34. The van der Waals surface area contributed by atoms with Crippen LogP contribution in [0.2, 0.25) is 0 Å². The lowest BCUT2D eigenvalue weighted by Crippen LogP contribution is -2.26. The summed E-state index contributed by atoms with van der Waals surface area (Å²) in [5.74, 6) is -2.43. The summed E-state index contributed by atoms with van der Waals surface area (Å²) in [6, 6.07) is 4.30. The summed E-state index contributed by atoms with van der Waals surface area (Å²) in [4.78, 5) is 21.8. The molecule has 6 heteroatoms. The van der Waals surface area contributed by atoms with Crippen LogP contribution in [0.3, 0.4) is 0 Å². The van der Waals surface area contributed by atoms with Crippen LogP contribution in [0.25, 0.3) is 0 Å². The van der Waals surface area contributed by atoms with Gasteiger partial charge < -0.3 is 20.7 Å². The largest absolute Gasteiger partial charge is 0.479 e. The van der Waals surface area contributed by atoms with Gasteiger partial charge >= 0.3 is 11.9 Å². The van der Waals surface area contributed by atoms with Crippen LogP contribution in [0.1, 0.15) is 23.7 Å². The summed E-state index contributed by atoms with van der Waals surface area (Å²) >= 11 is 0. The third-order valence-electron chi connectivity index (χ3n) is 2.19. The Balaban J connectivity index is 3.10. The van der Waals surface area contributed by atoms with Gasteiger partial charge in [-0.3, -0.25) is 0 Å². The molecule has 92 valence electrons. The Morgan fingerprint density at radius 1 is 1.41 bits per heavy atom. The molecule has 0 fully saturated rings. The van der Waals surface area contributed by atoms with E-state index in [4.69, 9.17) is 20.7 Å². The Morgan fingerprint density at radius 3 is 2.53 bits per heavy atom. The summed E-state index contributed by atoms with van der Waals surface area (Å²) in [5.41, 5.74) is 5.33. The van der Waals surface area contributed by atoms with Crippen molar-refractivity contribution in [2.24, 2.45) is 0 Å². The molecule has 1 atom stereocenters. The van der Waals surface area contributed by atoms with E-state index in [0.29, 0.717) is 0 Å². The molecule has 1 aromatic rings. The SMILES string of the molecule is CCC(Oc1cccc(N)c1C(=O)O)C(=O)O. The number of carboxylic acid groups (broad SMARTS) is 2. The van der Waals surface area contributed by atoms with Gasteiger partial charge in [0.1, 0.15) is 11.3 Å².